The molecule has 134 valence electrons. The van der Waals surface area contributed by atoms with Crippen LogP contribution in [-0.4, -0.2) is 26.6 Å². The molecule has 0 saturated carbocycles. The summed E-state index contributed by atoms with van der Waals surface area (Å²) in [7, 11) is -3.68. The molecule has 0 aromatic heterocycles. The first-order chi connectivity index (χ1) is 11.7. The Labute approximate surface area is 151 Å². The first-order valence-corrected chi connectivity index (χ1v) is 9.68. The number of amides is 1. The fraction of sp³-hybridized carbons (Fsp3) is 0.235. The molecule has 2 rings (SSSR count). The van der Waals surface area contributed by atoms with Gasteiger partial charge in [-0.1, -0.05) is 23.7 Å². The number of carbonyl (C=O) groups excluding carboxylic acids is 1. The summed E-state index contributed by atoms with van der Waals surface area (Å²) in [4.78, 5) is 12.4. The van der Waals surface area contributed by atoms with Crippen molar-refractivity contribution in [3.05, 3.63) is 64.9 Å². The first-order valence-electron chi connectivity index (χ1n) is 7.45. The van der Waals surface area contributed by atoms with Crippen LogP contribution in [-0.2, 0) is 21.4 Å². The molecule has 0 fully saturated rings. The van der Waals surface area contributed by atoms with Crippen LogP contribution in [0.1, 0.15) is 12.5 Å². The summed E-state index contributed by atoms with van der Waals surface area (Å²) in [6.07, 6.45) is 1.03. The lowest BCUT2D eigenvalue weighted by Gasteiger charge is -2.28. The van der Waals surface area contributed by atoms with Crippen LogP contribution in [0.3, 0.4) is 0 Å². The number of nitrogens with one attached hydrogen (secondary N) is 1. The zero-order chi connectivity index (χ0) is 18.6. The number of anilines is 1. The molecule has 25 heavy (non-hydrogen) atoms. The third kappa shape index (κ3) is 5.17. The summed E-state index contributed by atoms with van der Waals surface area (Å²) in [5, 5.41) is 3.12. The molecule has 0 aliphatic carbocycles. The summed E-state index contributed by atoms with van der Waals surface area (Å²) in [6, 6.07) is 10.9. The molecule has 0 heterocycles. The van der Waals surface area contributed by atoms with Crippen LogP contribution in [0.25, 0.3) is 0 Å². The van der Waals surface area contributed by atoms with E-state index in [-0.39, 0.29) is 12.4 Å². The number of rotatable bonds is 6. The van der Waals surface area contributed by atoms with Crippen molar-refractivity contribution in [2.24, 2.45) is 0 Å². The highest BCUT2D eigenvalue weighted by Gasteiger charge is 2.28. The molecule has 8 heteroatoms. The van der Waals surface area contributed by atoms with Gasteiger partial charge in [-0.2, -0.15) is 0 Å². The standard InChI is InChI=1S/C17H18ClFN2O3S/c1-12(17(22)20-11-13-3-7-15(19)8-4-13)21(25(2,23)24)16-9-5-14(18)6-10-16/h3-10,12H,11H2,1-2H3,(H,20,22)/t12-/m0/s1. The molecule has 5 nitrogen and oxygen atoms in total. The van der Waals surface area contributed by atoms with Gasteiger partial charge in [-0.15, -0.1) is 0 Å². The van der Waals surface area contributed by atoms with Crippen LogP contribution in [0.15, 0.2) is 48.5 Å². The van der Waals surface area contributed by atoms with Crippen molar-refractivity contribution in [2.45, 2.75) is 19.5 Å². The van der Waals surface area contributed by atoms with Crippen LogP contribution in [0.4, 0.5) is 10.1 Å². The molecule has 0 radical (unpaired) electrons. The van der Waals surface area contributed by atoms with Gasteiger partial charge in [-0.25, -0.2) is 12.8 Å². The van der Waals surface area contributed by atoms with Crippen molar-refractivity contribution in [3.8, 4) is 0 Å². The van der Waals surface area contributed by atoms with Gasteiger partial charge in [0.25, 0.3) is 0 Å². The van der Waals surface area contributed by atoms with E-state index in [0.717, 1.165) is 10.6 Å². The average Bonchev–Trinajstić information content (AvgIpc) is 2.54. The fourth-order valence-electron chi connectivity index (χ4n) is 2.34. The van der Waals surface area contributed by atoms with Gasteiger partial charge in [0.15, 0.2) is 0 Å². The van der Waals surface area contributed by atoms with Gasteiger partial charge in [0.2, 0.25) is 15.9 Å². The van der Waals surface area contributed by atoms with Crippen LogP contribution in [0.2, 0.25) is 5.02 Å². The van der Waals surface area contributed by atoms with Crippen molar-refractivity contribution < 1.29 is 17.6 Å². The highest BCUT2D eigenvalue weighted by Crippen LogP contribution is 2.23. The van der Waals surface area contributed by atoms with Crippen LogP contribution < -0.4 is 9.62 Å². The van der Waals surface area contributed by atoms with Crippen molar-refractivity contribution in [2.75, 3.05) is 10.6 Å². The Hall–Kier alpha value is -2.12. The van der Waals surface area contributed by atoms with Crippen molar-refractivity contribution in [1.29, 1.82) is 0 Å². The molecule has 1 amide bonds. The summed E-state index contributed by atoms with van der Waals surface area (Å²) >= 11 is 5.83. The molecule has 1 N–H and O–H groups in total. The first kappa shape index (κ1) is 19.2. The average molecular weight is 385 g/mol. The maximum atomic E-state index is 12.9. The molecule has 2 aromatic carbocycles. The van der Waals surface area contributed by atoms with E-state index in [0.29, 0.717) is 16.3 Å². The summed E-state index contributed by atoms with van der Waals surface area (Å²) in [5.41, 5.74) is 1.05. The number of sulfonamides is 1. The molecule has 0 aliphatic rings. The third-order valence-corrected chi connectivity index (χ3v) is 5.04. The lowest BCUT2D eigenvalue weighted by Crippen LogP contribution is -2.47. The predicted molar refractivity (Wildman–Crippen MR) is 96.5 cm³/mol. The summed E-state index contributed by atoms with van der Waals surface area (Å²) < 4.78 is 38.2. The van der Waals surface area contributed by atoms with Crippen molar-refractivity contribution in [3.63, 3.8) is 0 Å². The number of hydrogen-bond donors (Lipinski definition) is 1. The number of nitrogens with zero attached hydrogens (tertiary/aromatic N) is 1. The Morgan fingerprint density at radius 2 is 1.72 bits per heavy atom. The minimum Gasteiger partial charge on any atom is -0.350 e. The second kappa shape index (κ2) is 7.84. The van der Waals surface area contributed by atoms with Crippen LogP contribution >= 0.6 is 11.6 Å². The largest absolute Gasteiger partial charge is 0.350 e. The zero-order valence-electron chi connectivity index (χ0n) is 13.7. The number of carbonyl (C=O) groups is 1. The Balaban J connectivity index is 2.15. The van der Waals surface area contributed by atoms with Gasteiger partial charge < -0.3 is 5.32 Å². The molecular formula is C17H18ClFN2O3S. The molecule has 0 spiro atoms. The Morgan fingerprint density at radius 1 is 1.16 bits per heavy atom. The highest BCUT2D eigenvalue weighted by molar-refractivity contribution is 7.92. The molecular weight excluding hydrogens is 367 g/mol. The van der Waals surface area contributed by atoms with E-state index >= 15 is 0 Å². The zero-order valence-corrected chi connectivity index (χ0v) is 15.3. The maximum absolute atomic E-state index is 12.9. The maximum Gasteiger partial charge on any atom is 0.243 e. The van der Waals surface area contributed by atoms with Crippen molar-refractivity contribution >= 4 is 33.2 Å². The Morgan fingerprint density at radius 3 is 2.24 bits per heavy atom. The Kier molecular flexibility index (Phi) is 6.02. The van der Waals surface area contributed by atoms with Gasteiger partial charge in [-0.05, 0) is 48.9 Å². The normalized spacial score (nSPS) is 12.5. The van der Waals surface area contributed by atoms with Gasteiger partial charge in [0, 0.05) is 11.6 Å². The van der Waals surface area contributed by atoms with E-state index in [1.165, 1.54) is 31.2 Å². The molecule has 0 bridgehead atoms. The third-order valence-electron chi connectivity index (χ3n) is 3.55. The summed E-state index contributed by atoms with van der Waals surface area (Å²) in [5.74, 6) is -0.834. The van der Waals surface area contributed by atoms with Crippen LogP contribution in [0.5, 0.6) is 0 Å². The predicted octanol–water partition coefficient (Wildman–Crippen LogP) is 2.95. The highest BCUT2D eigenvalue weighted by atomic mass is 35.5. The quantitative estimate of drug-likeness (QED) is 0.832. The van der Waals surface area contributed by atoms with E-state index in [1.54, 1.807) is 24.3 Å². The smallest absolute Gasteiger partial charge is 0.243 e. The van der Waals surface area contributed by atoms with Gasteiger partial charge >= 0.3 is 0 Å². The van der Waals surface area contributed by atoms with Crippen LogP contribution in [0, 0.1) is 5.82 Å². The van der Waals surface area contributed by atoms with E-state index in [9.17, 15) is 17.6 Å². The van der Waals surface area contributed by atoms with Gasteiger partial charge in [0.1, 0.15) is 11.9 Å². The number of hydrogen-bond acceptors (Lipinski definition) is 3. The molecule has 2 aromatic rings. The monoisotopic (exact) mass is 384 g/mol. The number of halogens is 2. The van der Waals surface area contributed by atoms with E-state index in [2.05, 4.69) is 5.32 Å². The minimum absolute atomic E-state index is 0.168. The second-order valence-electron chi connectivity index (χ2n) is 5.56. The molecule has 1 atom stereocenters. The SMILES string of the molecule is C[C@@H](C(=O)NCc1ccc(F)cc1)N(c1ccc(Cl)cc1)S(C)(=O)=O. The lowest BCUT2D eigenvalue weighted by molar-refractivity contribution is -0.122. The molecule has 0 unspecified atom stereocenters. The van der Waals surface area contributed by atoms with E-state index in [1.807, 2.05) is 0 Å². The molecule has 0 saturated heterocycles. The molecule has 0 aliphatic heterocycles. The Bertz CT molecular complexity index is 839. The fourth-order valence-corrected chi connectivity index (χ4v) is 3.64. The number of benzene rings is 2. The van der Waals surface area contributed by atoms with Gasteiger partial charge in [-0.3, -0.25) is 9.10 Å². The topological polar surface area (TPSA) is 66.5 Å². The van der Waals surface area contributed by atoms with E-state index < -0.39 is 22.0 Å². The minimum atomic E-state index is -3.68. The second-order valence-corrected chi connectivity index (χ2v) is 7.85. The van der Waals surface area contributed by atoms with Crippen molar-refractivity contribution in [1.82, 2.24) is 5.32 Å². The lowest BCUT2D eigenvalue weighted by atomic mass is 10.2. The van der Waals surface area contributed by atoms with Gasteiger partial charge in [0.05, 0.1) is 11.9 Å². The van der Waals surface area contributed by atoms with E-state index in [4.69, 9.17) is 11.6 Å². The summed E-state index contributed by atoms with van der Waals surface area (Å²) in [6.45, 7) is 1.66.